The number of benzene rings is 1. The van der Waals surface area contributed by atoms with Crippen molar-refractivity contribution in [1.29, 1.82) is 0 Å². The molecule has 1 amide bonds. The lowest BCUT2D eigenvalue weighted by Gasteiger charge is -2.06. The van der Waals surface area contributed by atoms with Crippen molar-refractivity contribution in [3.05, 3.63) is 40.9 Å². The minimum atomic E-state index is -0.363. The molecular weight excluding hydrogens is 300 g/mol. The smallest absolute Gasteiger partial charge is 0.338 e. The highest BCUT2D eigenvalue weighted by Gasteiger charge is 2.10. The summed E-state index contributed by atoms with van der Waals surface area (Å²) in [5, 5.41) is 5.52. The number of nitrogens with zero attached hydrogens (tertiary/aromatic N) is 1. The Balaban J connectivity index is 1.92. The van der Waals surface area contributed by atoms with Gasteiger partial charge in [-0.3, -0.25) is 4.79 Å². The second-order valence-corrected chi connectivity index (χ2v) is 5.71. The zero-order valence-corrected chi connectivity index (χ0v) is 13.4. The number of nitrogens with one attached hydrogen (secondary N) is 1. The molecule has 1 N–H and O–H groups in total. The van der Waals surface area contributed by atoms with Crippen LogP contribution in [0.5, 0.6) is 0 Å². The SMILES string of the molecule is CC(=O)NCCCOC(=O)c1cccc(-c2nc(C)cs2)c1. The molecule has 0 radical (unpaired) electrons. The summed E-state index contributed by atoms with van der Waals surface area (Å²) in [6, 6.07) is 7.25. The van der Waals surface area contributed by atoms with Crippen LogP contribution in [0.3, 0.4) is 0 Å². The van der Waals surface area contributed by atoms with Crippen molar-refractivity contribution in [2.75, 3.05) is 13.2 Å². The number of aromatic nitrogens is 1. The van der Waals surface area contributed by atoms with Gasteiger partial charge in [-0.15, -0.1) is 11.3 Å². The van der Waals surface area contributed by atoms with Crippen molar-refractivity contribution in [3.63, 3.8) is 0 Å². The van der Waals surface area contributed by atoms with Crippen LogP contribution >= 0.6 is 11.3 Å². The van der Waals surface area contributed by atoms with Crippen LogP contribution < -0.4 is 5.32 Å². The maximum absolute atomic E-state index is 12.0. The number of hydrogen-bond acceptors (Lipinski definition) is 5. The summed E-state index contributed by atoms with van der Waals surface area (Å²) in [5.74, 6) is -0.448. The summed E-state index contributed by atoms with van der Waals surface area (Å²) in [4.78, 5) is 27.1. The standard InChI is InChI=1S/C16H18N2O3S/c1-11-10-22-15(18-11)13-5-3-6-14(9-13)16(20)21-8-4-7-17-12(2)19/h3,5-6,9-10H,4,7-8H2,1-2H3,(H,17,19). The molecule has 1 heterocycles. The number of amides is 1. The van der Waals surface area contributed by atoms with Gasteiger partial charge in [-0.25, -0.2) is 9.78 Å². The largest absolute Gasteiger partial charge is 0.462 e. The Morgan fingerprint density at radius 2 is 2.18 bits per heavy atom. The van der Waals surface area contributed by atoms with Crippen LogP contribution in [0, 0.1) is 6.92 Å². The number of aryl methyl sites for hydroxylation is 1. The molecule has 6 heteroatoms. The summed E-state index contributed by atoms with van der Waals surface area (Å²) < 4.78 is 5.20. The molecule has 5 nitrogen and oxygen atoms in total. The summed E-state index contributed by atoms with van der Waals surface area (Å²) in [6.45, 7) is 4.17. The minimum absolute atomic E-state index is 0.0854. The van der Waals surface area contributed by atoms with Crippen LogP contribution in [0.25, 0.3) is 10.6 Å². The molecule has 0 aliphatic carbocycles. The van der Waals surface area contributed by atoms with Crippen LogP contribution in [0.2, 0.25) is 0 Å². The van der Waals surface area contributed by atoms with Gasteiger partial charge in [0.1, 0.15) is 5.01 Å². The summed E-state index contributed by atoms with van der Waals surface area (Å²) >= 11 is 1.55. The molecule has 2 rings (SSSR count). The van der Waals surface area contributed by atoms with Gasteiger partial charge in [-0.05, 0) is 25.5 Å². The predicted octanol–water partition coefficient (Wildman–Crippen LogP) is 2.80. The van der Waals surface area contributed by atoms with E-state index in [0.29, 0.717) is 18.5 Å². The average Bonchev–Trinajstić information content (AvgIpc) is 2.93. The first-order chi connectivity index (χ1) is 10.6. The first-order valence-electron chi connectivity index (χ1n) is 7.00. The molecular formula is C16H18N2O3S. The van der Waals surface area contributed by atoms with Crippen LogP contribution in [0.1, 0.15) is 29.4 Å². The Hall–Kier alpha value is -2.21. The van der Waals surface area contributed by atoms with E-state index >= 15 is 0 Å². The molecule has 0 fully saturated rings. The number of esters is 1. The normalized spacial score (nSPS) is 10.3. The quantitative estimate of drug-likeness (QED) is 0.657. The maximum atomic E-state index is 12.0. The van der Waals surface area contributed by atoms with Crippen molar-refractivity contribution in [2.24, 2.45) is 0 Å². The van der Waals surface area contributed by atoms with Gasteiger partial charge in [0.25, 0.3) is 0 Å². The fourth-order valence-electron chi connectivity index (χ4n) is 1.85. The maximum Gasteiger partial charge on any atom is 0.338 e. The highest BCUT2D eigenvalue weighted by atomic mass is 32.1. The number of carbonyl (C=O) groups is 2. The number of rotatable bonds is 6. The molecule has 0 saturated carbocycles. The zero-order valence-electron chi connectivity index (χ0n) is 12.6. The van der Waals surface area contributed by atoms with Gasteiger partial charge in [0.05, 0.1) is 12.2 Å². The Kier molecular flexibility index (Phi) is 5.66. The Morgan fingerprint density at radius 1 is 1.36 bits per heavy atom. The fraction of sp³-hybridized carbons (Fsp3) is 0.312. The number of hydrogen-bond donors (Lipinski definition) is 1. The van der Waals surface area contributed by atoms with E-state index in [0.717, 1.165) is 16.3 Å². The molecule has 0 aliphatic heterocycles. The Bertz CT molecular complexity index is 667. The summed E-state index contributed by atoms with van der Waals surface area (Å²) in [7, 11) is 0. The molecule has 0 unspecified atom stereocenters. The van der Waals surface area contributed by atoms with E-state index in [9.17, 15) is 9.59 Å². The van der Waals surface area contributed by atoms with E-state index in [1.54, 1.807) is 23.5 Å². The van der Waals surface area contributed by atoms with Crippen LogP contribution in [0.4, 0.5) is 0 Å². The molecule has 116 valence electrons. The molecule has 0 atom stereocenters. The molecule has 2 aromatic rings. The highest BCUT2D eigenvalue weighted by molar-refractivity contribution is 7.13. The van der Waals surface area contributed by atoms with E-state index in [-0.39, 0.29) is 18.5 Å². The van der Waals surface area contributed by atoms with Gasteiger partial charge in [-0.1, -0.05) is 12.1 Å². The number of carbonyl (C=O) groups excluding carboxylic acids is 2. The highest BCUT2D eigenvalue weighted by Crippen LogP contribution is 2.24. The number of ether oxygens (including phenoxy) is 1. The third kappa shape index (κ3) is 4.66. The van der Waals surface area contributed by atoms with Crippen LogP contribution in [-0.2, 0) is 9.53 Å². The average molecular weight is 318 g/mol. The van der Waals surface area contributed by atoms with Crippen LogP contribution in [0.15, 0.2) is 29.6 Å². The van der Waals surface area contributed by atoms with E-state index in [1.165, 1.54) is 6.92 Å². The fourth-order valence-corrected chi connectivity index (χ4v) is 2.65. The topological polar surface area (TPSA) is 68.3 Å². The van der Waals surface area contributed by atoms with Crippen molar-refractivity contribution >= 4 is 23.2 Å². The van der Waals surface area contributed by atoms with Gasteiger partial charge in [0.2, 0.25) is 5.91 Å². The lowest BCUT2D eigenvalue weighted by molar-refractivity contribution is -0.118. The van der Waals surface area contributed by atoms with Crippen molar-refractivity contribution in [1.82, 2.24) is 10.3 Å². The molecule has 0 spiro atoms. The molecule has 0 bridgehead atoms. The number of thiazole rings is 1. The lowest BCUT2D eigenvalue weighted by atomic mass is 10.1. The van der Waals surface area contributed by atoms with E-state index < -0.39 is 0 Å². The molecule has 0 aliphatic rings. The van der Waals surface area contributed by atoms with Crippen LogP contribution in [-0.4, -0.2) is 30.0 Å². The van der Waals surface area contributed by atoms with Crippen molar-refractivity contribution in [3.8, 4) is 10.6 Å². The Labute approximate surface area is 133 Å². The molecule has 0 saturated heterocycles. The molecule has 1 aromatic carbocycles. The summed E-state index contributed by atoms with van der Waals surface area (Å²) in [6.07, 6.45) is 0.594. The molecule has 1 aromatic heterocycles. The summed E-state index contributed by atoms with van der Waals surface area (Å²) in [5.41, 5.74) is 2.38. The third-order valence-electron chi connectivity index (χ3n) is 2.89. The third-order valence-corrected chi connectivity index (χ3v) is 3.90. The first kappa shape index (κ1) is 16.2. The van der Waals surface area contributed by atoms with E-state index in [1.807, 2.05) is 24.4 Å². The van der Waals surface area contributed by atoms with Crippen molar-refractivity contribution < 1.29 is 14.3 Å². The van der Waals surface area contributed by atoms with Gasteiger partial charge >= 0.3 is 5.97 Å². The van der Waals surface area contributed by atoms with Crippen molar-refractivity contribution in [2.45, 2.75) is 20.3 Å². The second kappa shape index (κ2) is 7.70. The second-order valence-electron chi connectivity index (χ2n) is 4.85. The van der Waals surface area contributed by atoms with Gasteiger partial charge in [0, 0.05) is 30.1 Å². The van der Waals surface area contributed by atoms with Gasteiger partial charge in [0.15, 0.2) is 0 Å². The van der Waals surface area contributed by atoms with E-state index in [2.05, 4.69) is 10.3 Å². The lowest BCUT2D eigenvalue weighted by Crippen LogP contribution is -2.22. The Morgan fingerprint density at radius 3 is 2.86 bits per heavy atom. The van der Waals surface area contributed by atoms with Gasteiger partial charge in [-0.2, -0.15) is 0 Å². The minimum Gasteiger partial charge on any atom is -0.462 e. The predicted molar refractivity (Wildman–Crippen MR) is 85.9 cm³/mol. The zero-order chi connectivity index (χ0) is 15.9. The van der Waals surface area contributed by atoms with E-state index in [4.69, 9.17) is 4.74 Å². The monoisotopic (exact) mass is 318 g/mol. The first-order valence-corrected chi connectivity index (χ1v) is 7.88. The van der Waals surface area contributed by atoms with Gasteiger partial charge < -0.3 is 10.1 Å². The molecule has 22 heavy (non-hydrogen) atoms.